The van der Waals surface area contributed by atoms with Crippen molar-refractivity contribution < 1.29 is 14.7 Å². The van der Waals surface area contributed by atoms with Crippen LogP contribution in [0.2, 0.25) is 0 Å². The van der Waals surface area contributed by atoms with Crippen LogP contribution in [-0.4, -0.2) is 22.0 Å². The highest BCUT2D eigenvalue weighted by Crippen LogP contribution is 2.56. The zero-order valence-electron chi connectivity index (χ0n) is 12.2. The molecule has 0 bridgehead atoms. The van der Waals surface area contributed by atoms with Crippen molar-refractivity contribution in [3.63, 3.8) is 0 Å². The molecule has 1 aliphatic carbocycles. The number of rotatable bonds is 3. The fraction of sp³-hybridized carbons (Fsp3) is 0.643. The highest BCUT2D eigenvalue weighted by Gasteiger charge is 2.58. The van der Waals surface area contributed by atoms with Crippen LogP contribution in [0.4, 0.5) is 5.13 Å². The number of hydrogen-bond acceptors (Lipinski definition) is 4. The first-order valence-electron chi connectivity index (χ1n) is 6.65. The molecule has 1 aliphatic rings. The van der Waals surface area contributed by atoms with Crippen LogP contribution >= 0.6 is 11.3 Å². The molecule has 2 rings (SSSR count). The van der Waals surface area contributed by atoms with Crippen molar-refractivity contribution in [3.05, 3.63) is 11.1 Å². The minimum Gasteiger partial charge on any atom is -0.481 e. The van der Waals surface area contributed by atoms with E-state index in [4.69, 9.17) is 0 Å². The lowest BCUT2D eigenvalue weighted by molar-refractivity contribution is -0.154. The predicted octanol–water partition coefficient (Wildman–Crippen LogP) is 2.92. The molecule has 1 aromatic heterocycles. The normalized spacial score (nSPS) is 28.3. The number of hydrogen-bond donors (Lipinski definition) is 2. The topological polar surface area (TPSA) is 79.3 Å². The lowest BCUT2D eigenvalue weighted by Gasteiger charge is -2.37. The molecule has 0 unspecified atom stereocenters. The van der Waals surface area contributed by atoms with Crippen molar-refractivity contribution in [1.82, 2.24) is 4.98 Å². The van der Waals surface area contributed by atoms with E-state index < -0.39 is 16.8 Å². The van der Waals surface area contributed by atoms with Crippen LogP contribution in [0.3, 0.4) is 0 Å². The Morgan fingerprint density at radius 2 is 2.10 bits per heavy atom. The van der Waals surface area contributed by atoms with Gasteiger partial charge < -0.3 is 10.4 Å². The second-order valence-electron chi connectivity index (χ2n) is 6.22. The Morgan fingerprint density at radius 1 is 1.45 bits per heavy atom. The van der Waals surface area contributed by atoms with Crippen LogP contribution in [0.5, 0.6) is 0 Å². The average molecular weight is 296 g/mol. The third kappa shape index (κ3) is 2.22. The van der Waals surface area contributed by atoms with E-state index in [0.717, 1.165) is 4.88 Å². The summed E-state index contributed by atoms with van der Waals surface area (Å²) in [6.45, 7) is 7.39. The quantitative estimate of drug-likeness (QED) is 0.899. The van der Waals surface area contributed by atoms with Crippen LogP contribution in [0.15, 0.2) is 6.20 Å². The van der Waals surface area contributed by atoms with Crippen molar-refractivity contribution in [2.45, 2.75) is 40.5 Å². The molecule has 2 atom stereocenters. The van der Waals surface area contributed by atoms with Crippen molar-refractivity contribution in [1.29, 1.82) is 0 Å². The van der Waals surface area contributed by atoms with Crippen molar-refractivity contribution >= 4 is 28.3 Å². The summed E-state index contributed by atoms with van der Waals surface area (Å²) in [4.78, 5) is 29.1. The monoisotopic (exact) mass is 296 g/mol. The second kappa shape index (κ2) is 4.84. The fourth-order valence-corrected chi connectivity index (χ4v) is 3.61. The molecule has 0 aromatic carbocycles. The lowest BCUT2D eigenvalue weighted by atomic mass is 9.65. The number of thiazole rings is 1. The van der Waals surface area contributed by atoms with Gasteiger partial charge in [-0.25, -0.2) is 4.98 Å². The molecule has 0 saturated heterocycles. The second-order valence-corrected chi connectivity index (χ2v) is 7.45. The lowest BCUT2D eigenvalue weighted by Crippen LogP contribution is -2.43. The van der Waals surface area contributed by atoms with Gasteiger partial charge in [-0.3, -0.25) is 9.59 Å². The van der Waals surface area contributed by atoms with Gasteiger partial charge in [-0.05, 0) is 32.1 Å². The Bertz CT molecular complexity index is 552. The number of amides is 1. The van der Waals surface area contributed by atoms with Gasteiger partial charge >= 0.3 is 5.97 Å². The van der Waals surface area contributed by atoms with Crippen molar-refractivity contribution in [2.75, 3.05) is 5.32 Å². The van der Waals surface area contributed by atoms with Gasteiger partial charge in [0.1, 0.15) is 0 Å². The first-order valence-corrected chi connectivity index (χ1v) is 7.47. The summed E-state index contributed by atoms with van der Waals surface area (Å²) in [6, 6.07) is 0. The SMILES string of the molecule is Cc1cnc(NC(=O)[C@@H]2CC[C@@](C)(C(=O)O)C2(C)C)s1. The Hall–Kier alpha value is -1.43. The molecule has 0 spiro atoms. The number of nitrogens with one attached hydrogen (secondary N) is 1. The molecule has 1 heterocycles. The molecular formula is C14H20N2O3S. The number of carbonyl (C=O) groups is 2. The molecular weight excluding hydrogens is 276 g/mol. The molecule has 20 heavy (non-hydrogen) atoms. The van der Waals surface area contributed by atoms with Gasteiger partial charge in [0.25, 0.3) is 0 Å². The summed E-state index contributed by atoms with van der Waals surface area (Å²) in [6.07, 6.45) is 2.82. The Kier molecular flexibility index (Phi) is 3.62. The molecule has 1 aromatic rings. The largest absolute Gasteiger partial charge is 0.481 e. The van der Waals surface area contributed by atoms with E-state index in [1.807, 2.05) is 20.8 Å². The molecule has 110 valence electrons. The van der Waals surface area contributed by atoms with Crippen LogP contribution in [-0.2, 0) is 9.59 Å². The number of carbonyl (C=O) groups excluding carboxylic acids is 1. The number of aromatic nitrogens is 1. The zero-order valence-corrected chi connectivity index (χ0v) is 13.0. The maximum atomic E-state index is 12.4. The number of nitrogens with zero attached hydrogens (tertiary/aromatic N) is 1. The first kappa shape index (κ1) is 15.0. The maximum Gasteiger partial charge on any atom is 0.309 e. The number of carboxylic acid groups (broad SMARTS) is 1. The minimum atomic E-state index is -0.867. The summed E-state index contributed by atoms with van der Waals surface area (Å²) in [5, 5.41) is 12.8. The Morgan fingerprint density at radius 3 is 2.55 bits per heavy atom. The summed E-state index contributed by atoms with van der Waals surface area (Å²) in [7, 11) is 0. The third-order valence-electron chi connectivity index (χ3n) is 4.87. The number of aliphatic carboxylic acids is 1. The van der Waals surface area contributed by atoms with Crippen molar-refractivity contribution in [2.24, 2.45) is 16.7 Å². The molecule has 1 amide bonds. The summed E-state index contributed by atoms with van der Waals surface area (Å²) in [5.41, 5.74) is -1.46. The first-order chi connectivity index (χ1) is 9.18. The van der Waals surface area contributed by atoms with Gasteiger partial charge in [-0.1, -0.05) is 13.8 Å². The predicted molar refractivity (Wildman–Crippen MR) is 77.7 cm³/mol. The highest BCUT2D eigenvalue weighted by atomic mass is 32.1. The summed E-state index contributed by atoms with van der Waals surface area (Å²) < 4.78 is 0. The summed E-state index contributed by atoms with van der Waals surface area (Å²) >= 11 is 1.42. The van der Waals surface area contributed by atoms with Gasteiger partial charge in [0.05, 0.1) is 5.41 Å². The van der Waals surface area contributed by atoms with E-state index >= 15 is 0 Å². The number of anilines is 1. The number of aryl methyl sites for hydroxylation is 1. The summed E-state index contributed by atoms with van der Waals surface area (Å²) in [5.74, 6) is -1.27. The molecule has 1 saturated carbocycles. The van der Waals surface area contributed by atoms with Crippen LogP contribution in [0, 0.1) is 23.7 Å². The van der Waals surface area contributed by atoms with E-state index in [2.05, 4.69) is 10.3 Å². The maximum absolute atomic E-state index is 12.4. The molecule has 6 heteroatoms. The van der Waals surface area contributed by atoms with Crippen LogP contribution in [0.25, 0.3) is 0 Å². The third-order valence-corrected chi connectivity index (χ3v) is 5.69. The van der Waals surface area contributed by atoms with Gasteiger partial charge in [0.15, 0.2) is 5.13 Å². The highest BCUT2D eigenvalue weighted by molar-refractivity contribution is 7.15. The van der Waals surface area contributed by atoms with Gasteiger partial charge in [-0.15, -0.1) is 11.3 Å². The van der Waals surface area contributed by atoms with Gasteiger partial charge in [0, 0.05) is 17.0 Å². The van der Waals surface area contributed by atoms with Crippen LogP contribution in [0.1, 0.15) is 38.5 Å². The van der Waals surface area contributed by atoms with Crippen LogP contribution < -0.4 is 5.32 Å². The standard InChI is InChI=1S/C14H20N2O3S/c1-8-7-15-12(20-8)16-10(17)9-5-6-14(4,11(18)19)13(9,2)3/h7,9H,5-6H2,1-4H3,(H,18,19)(H,15,16,17)/t9-,14-/m0/s1. The average Bonchev–Trinajstić information content (AvgIpc) is 2.83. The van der Waals surface area contributed by atoms with Gasteiger partial charge in [0.2, 0.25) is 5.91 Å². The van der Waals surface area contributed by atoms with E-state index in [-0.39, 0.29) is 11.8 Å². The molecule has 0 aliphatic heterocycles. The fourth-order valence-electron chi connectivity index (χ4n) is 2.95. The number of carboxylic acids is 1. The minimum absolute atomic E-state index is 0.130. The van der Waals surface area contributed by atoms with E-state index in [1.165, 1.54) is 11.3 Å². The molecule has 5 nitrogen and oxygen atoms in total. The van der Waals surface area contributed by atoms with Crippen molar-refractivity contribution in [3.8, 4) is 0 Å². The van der Waals surface area contributed by atoms with E-state index in [9.17, 15) is 14.7 Å². The molecule has 2 N–H and O–H groups in total. The molecule has 1 fully saturated rings. The zero-order chi connectivity index (χ0) is 15.1. The van der Waals surface area contributed by atoms with Gasteiger partial charge in [-0.2, -0.15) is 0 Å². The smallest absolute Gasteiger partial charge is 0.309 e. The van der Waals surface area contributed by atoms with E-state index in [1.54, 1.807) is 13.1 Å². The Balaban J connectivity index is 2.18. The molecule has 0 radical (unpaired) electrons. The Labute approximate surface area is 122 Å². The van der Waals surface area contributed by atoms with E-state index in [0.29, 0.717) is 18.0 Å².